The zero-order valence-corrected chi connectivity index (χ0v) is 16.4. The van der Waals surface area contributed by atoms with E-state index in [9.17, 15) is 9.59 Å². The topological polar surface area (TPSA) is 67.4 Å². The van der Waals surface area contributed by atoms with Crippen LogP contribution in [0.3, 0.4) is 0 Å². The highest BCUT2D eigenvalue weighted by atomic mass is 35.5. The third kappa shape index (κ3) is 4.23. The number of hydrogen-bond donors (Lipinski definition) is 2. The average molecular weight is 391 g/mol. The minimum Gasteiger partial charge on any atom is -0.481 e. The molecule has 1 atom stereocenters. The third-order valence-corrected chi connectivity index (χ3v) is 6.77. The van der Waals surface area contributed by atoms with Crippen LogP contribution < -0.4 is 15.6 Å². The molecule has 27 heavy (non-hydrogen) atoms. The summed E-state index contributed by atoms with van der Waals surface area (Å²) in [7, 11) is 0. The normalized spacial score (nSPS) is 32.0. The summed E-state index contributed by atoms with van der Waals surface area (Å²) in [5, 5.41) is 0.608. The van der Waals surface area contributed by atoms with Gasteiger partial charge in [-0.1, -0.05) is 11.6 Å². The van der Waals surface area contributed by atoms with E-state index < -0.39 is 6.10 Å². The van der Waals surface area contributed by atoms with Gasteiger partial charge in [0, 0.05) is 11.4 Å². The number of ether oxygens (including phenoxy) is 1. The van der Waals surface area contributed by atoms with Crippen molar-refractivity contribution in [3.05, 3.63) is 29.3 Å². The summed E-state index contributed by atoms with van der Waals surface area (Å²) in [5.41, 5.74) is 5.26. The highest BCUT2D eigenvalue weighted by Gasteiger charge is 2.51. The summed E-state index contributed by atoms with van der Waals surface area (Å²) in [4.78, 5) is 24.7. The van der Waals surface area contributed by atoms with Crippen molar-refractivity contribution >= 4 is 23.4 Å². The number of carbonyl (C=O) groups is 2. The zero-order valence-electron chi connectivity index (χ0n) is 15.7. The van der Waals surface area contributed by atoms with Gasteiger partial charge in [0.05, 0.1) is 0 Å². The van der Waals surface area contributed by atoms with Crippen molar-refractivity contribution in [3.63, 3.8) is 0 Å². The molecule has 4 bridgehead atoms. The van der Waals surface area contributed by atoms with Crippen molar-refractivity contribution in [2.24, 2.45) is 23.2 Å². The lowest BCUT2D eigenvalue weighted by atomic mass is 9.49. The number of rotatable bonds is 5. The summed E-state index contributed by atoms with van der Waals surface area (Å²) in [6, 6.07) is 6.82. The van der Waals surface area contributed by atoms with E-state index in [0.717, 1.165) is 17.8 Å². The molecule has 6 heteroatoms. The molecule has 4 aliphatic carbocycles. The standard InChI is InChI=1S/C21H27ClN2O3/c1-13(27-18-4-2-17(22)3-5-18)20(26)24-23-19(25)12-21-9-14-6-15(10-21)8-16(7-14)11-21/h2-5,13-16H,6-12H2,1H3,(H,23,25)(H,24,26). The van der Waals surface area contributed by atoms with E-state index in [1.54, 1.807) is 31.2 Å². The maximum Gasteiger partial charge on any atom is 0.279 e. The Bertz CT molecular complexity index is 683. The quantitative estimate of drug-likeness (QED) is 0.750. The summed E-state index contributed by atoms with van der Waals surface area (Å²) in [5.74, 6) is 2.53. The van der Waals surface area contributed by atoms with Gasteiger partial charge < -0.3 is 4.74 Å². The summed E-state index contributed by atoms with van der Waals surface area (Å²) >= 11 is 5.84. The minimum absolute atomic E-state index is 0.0935. The van der Waals surface area contributed by atoms with Crippen LogP contribution in [0.2, 0.25) is 5.02 Å². The fourth-order valence-electron chi connectivity index (χ4n) is 5.90. The van der Waals surface area contributed by atoms with Gasteiger partial charge in [-0.2, -0.15) is 0 Å². The third-order valence-electron chi connectivity index (χ3n) is 6.52. The second kappa shape index (κ2) is 7.34. The molecule has 146 valence electrons. The van der Waals surface area contributed by atoms with Gasteiger partial charge in [-0.3, -0.25) is 20.4 Å². The largest absolute Gasteiger partial charge is 0.481 e. The van der Waals surface area contributed by atoms with Gasteiger partial charge >= 0.3 is 0 Å². The van der Waals surface area contributed by atoms with Gasteiger partial charge in [0.25, 0.3) is 5.91 Å². The van der Waals surface area contributed by atoms with Crippen LogP contribution >= 0.6 is 11.6 Å². The fourth-order valence-corrected chi connectivity index (χ4v) is 6.02. The highest BCUT2D eigenvalue weighted by molar-refractivity contribution is 6.30. The molecule has 1 aromatic carbocycles. The van der Waals surface area contributed by atoms with E-state index in [-0.39, 0.29) is 17.2 Å². The van der Waals surface area contributed by atoms with Crippen LogP contribution in [0.1, 0.15) is 51.9 Å². The molecule has 1 unspecified atom stereocenters. The second-order valence-electron chi connectivity index (χ2n) is 8.85. The second-order valence-corrected chi connectivity index (χ2v) is 9.28. The molecule has 0 radical (unpaired) electrons. The Balaban J connectivity index is 1.25. The molecule has 4 fully saturated rings. The van der Waals surface area contributed by atoms with Gasteiger partial charge in [0.1, 0.15) is 5.75 Å². The van der Waals surface area contributed by atoms with Gasteiger partial charge in [-0.05, 0) is 92.9 Å². The van der Waals surface area contributed by atoms with E-state index >= 15 is 0 Å². The first-order valence-electron chi connectivity index (χ1n) is 9.92. The zero-order chi connectivity index (χ0) is 19.0. The number of hydrazine groups is 1. The first-order valence-corrected chi connectivity index (χ1v) is 10.3. The molecule has 2 amide bonds. The van der Waals surface area contributed by atoms with E-state index in [1.807, 2.05) is 0 Å². The molecule has 0 heterocycles. The molecule has 2 N–H and O–H groups in total. The number of benzene rings is 1. The van der Waals surface area contributed by atoms with Crippen LogP contribution in [0, 0.1) is 23.2 Å². The number of halogens is 1. The monoisotopic (exact) mass is 390 g/mol. The van der Waals surface area contributed by atoms with Crippen molar-refractivity contribution < 1.29 is 14.3 Å². The lowest BCUT2D eigenvalue weighted by Gasteiger charge is -2.56. The van der Waals surface area contributed by atoms with Crippen LogP contribution in [0.5, 0.6) is 5.75 Å². The first kappa shape index (κ1) is 18.6. The Morgan fingerprint density at radius 1 is 1.07 bits per heavy atom. The van der Waals surface area contributed by atoms with Crippen LogP contribution in [-0.2, 0) is 9.59 Å². The molecule has 0 spiro atoms. The summed E-state index contributed by atoms with van der Waals surface area (Å²) in [6.07, 6.45) is 7.41. The molecule has 0 aliphatic heterocycles. The Morgan fingerprint density at radius 2 is 1.63 bits per heavy atom. The lowest BCUT2D eigenvalue weighted by Crippen LogP contribution is -2.51. The molecule has 4 aliphatic rings. The fraction of sp³-hybridized carbons (Fsp3) is 0.619. The predicted octanol–water partition coefficient (Wildman–Crippen LogP) is 3.86. The van der Waals surface area contributed by atoms with Crippen LogP contribution in [-0.4, -0.2) is 17.9 Å². The van der Waals surface area contributed by atoms with E-state index in [4.69, 9.17) is 16.3 Å². The average Bonchev–Trinajstić information content (AvgIpc) is 2.60. The van der Waals surface area contributed by atoms with E-state index in [0.29, 0.717) is 17.2 Å². The first-order chi connectivity index (χ1) is 12.9. The van der Waals surface area contributed by atoms with Crippen LogP contribution in [0.4, 0.5) is 0 Å². The van der Waals surface area contributed by atoms with E-state index in [1.165, 1.54) is 38.5 Å². The molecule has 5 nitrogen and oxygen atoms in total. The van der Waals surface area contributed by atoms with Crippen molar-refractivity contribution in [2.45, 2.75) is 58.0 Å². The van der Waals surface area contributed by atoms with Crippen molar-refractivity contribution in [3.8, 4) is 5.75 Å². The van der Waals surface area contributed by atoms with E-state index in [2.05, 4.69) is 10.9 Å². The minimum atomic E-state index is -0.717. The molecule has 4 saturated carbocycles. The SMILES string of the molecule is CC(Oc1ccc(Cl)cc1)C(=O)NNC(=O)CC12CC3CC(CC(C3)C1)C2. The van der Waals surface area contributed by atoms with Gasteiger partial charge in [-0.25, -0.2) is 0 Å². The Labute approximate surface area is 165 Å². The Hall–Kier alpha value is -1.75. The molecule has 0 aromatic heterocycles. The van der Waals surface area contributed by atoms with Gasteiger partial charge in [-0.15, -0.1) is 0 Å². The van der Waals surface area contributed by atoms with Gasteiger partial charge in [0.2, 0.25) is 5.91 Å². The maximum absolute atomic E-state index is 12.5. The summed E-state index contributed by atoms with van der Waals surface area (Å²) in [6.45, 7) is 1.65. The summed E-state index contributed by atoms with van der Waals surface area (Å²) < 4.78 is 5.58. The number of amides is 2. The molecular weight excluding hydrogens is 364 g/mol. The molecule has 1 aromatic rings. The number of hydrogen-bond acceptors (Lipinski definition) is 3. The van der Waals surface area contributed by atoms with Crippen molar-refractivity contribution in [2.75, 3.05) is 0 Å². The van der Waals surface area contributed by atoms with Crippen molar-refractivity contribution in [1.29, 1.82) is 0 Å². The van der Waals surface area contributed by atoms with Gasteiger partial charge in [0.15, 0.2) is 6.10 Å². The smallest absolute Gasteiger partial charge is 0.279 e. The lowest BCUT2D eigenvalue weighted by molar-refractivity contribution is -0.136. The highest BCUT2D eigenvalue weighted by Crippen LogP contribution is 2.61. The predicted molar refractivity (Wildman–Crippen MR) is 103 cm³/mol. The number of carbonyl (C=O) groups excluding carboxylic acids is 2. The maximum atomic E-state index is 12.5. The Kier molecular flexibility index (Phi) is 5.06. The number of nitrogens with one attached hydrogen (secondary N) is 2. The molecule has 5 rings (SSSR count). The van der Waals surface area contributed by atoms with Crippen LogP contribution in [0.25, 0.3) is 0 Å². The molecular formula is C21H27ClN2O3. The Morgan fingerprint density at radius 3 is 2.19 bits per heavy atom. The van der Waals surface area contributed by atoms with Crippen LogP contribution in [0.15, 0.2) is 24.3 Å². The molecule has 0 saturated heterocycles. The van der Waals surface area contributed by atoms with Crippen molar-refractivity contribution in [1.82, 2.24) is 10.9 Å².